The Morgan fingerprint density at radius 2 is 2.09 bits per heavy atom. The van der Waals surface area contributed by atoms with Gasteiger partial charge in [-0.3, -0.25) is 0 Å². The van der Waals surface area contributed by atoms with Crippen molar-refractivity contribution in [1.82, 2.24) is 4.31 Å². The van der Waals surface area contributed by atoms with Crippen molar-refractivity contribution in [2.24, 2.45) is 0 Å². The van der Waals surface area contributed by atoms with Gasteiger partial charge in [-0.1, -0.05) is 5.92 Å². The van der Waals surface area contributed by atoms with Gasteiger partial charge in [-0.25, -0.2) is 8.51 Å². The molecule has 0 N–H and O–H groups in total. The molecule has 0 aromatic rings. The lowest BCUT2D eigenvalue weighted by atomic mass is 10.5. The lowest BCUT2D eigenvalue weighted by Crippen LogP contribution is -2.36. The standard InChI is InChI=1S/C7H11NO2S/c1-2-7-11(9)8-3-5-10-6-4-8/h3-6H2,1H3. The lowest BCUT2D eigenvalue weighted by Gasteiger charge is -2.22. The molecule has 1 aliphatic heterocycles. The summed E-state index contributed by atoms with van der Waals surface area (Å²) in [5.41, 5.74) is 0. The molecule has 0 bridgehead atoms. The Morgan fingerprint density at radius 1 is 1.45 bits per heavy atom. The number of ether oxygens (including phenoxy) is 1. The Labute approximate surface area is 69.3 Å². The highest BCUT2D eigenvalue weighted by molar-refractivity contribution is 7.87. The first-order valence-corrected chi connectivity index (χ1v) is 4.62. The van der Waals surface area contributed by atoms with Crippen LogP contribution in [0, 0.1) is 11.2 Å². The van der Waals surface area contributed by atoms with Gasteiger partial charge in [0.1, 0.15) is 0 Å². The molecule has 1 heterocycles. The van der Waals surface area contributed by atoms with Crippen LogP contribution in [0.5, 0.6) is 0 Å². The number of morpholine rings is 1. The largest absolute Gasteiger partial charge is 0.379 e. The second-order valence-electron chi connectivity index (χ2n) is 2.14. The quantitative estimate of drug-likeness (QED) is 0.521. The number of rotatable bonds is 1. The van der Waals surface area contributed by atoms with Crippen molar-refractivity contribution >= 4 is 11.0 Å². The number of nitrogens with zero attached hydrogens (tertiary/aromatic N) is 1. The Hall–Kier alpha value is -0.370. The monoisotopic (exact) mass is 173 g/mol. The highest BCUT2D eigenvalue weighted by Crippen LogP contribution is 1.99. The average molecular weight is 173 g/mol. The predicted molar refractivity (Wildman–Crippen MR) is 44.0 cm³/mol. The highest BCUT2D eigenvalue weighted by Gasteiger charge is 2.14. The SMILES string of the molecule is CC#CS(=O)N1CCOCC1. The summed E-state index contributed by atoms with van der Waals surface area (Å²) in [5, 5.41) is 2.61. The van der Waals surface area contributed by atoms with Crippen molar-refractivity contribution in [1.29, 1.82) is 0 Å². The van der Waals surface area contributed by atoms with Crippen molar-refractivity contribution < 1.29 is 8.95 Å². The van der Waals surface area contributed by atoms with Gasteiger partial charge in [-0.05, 0) is 6.92 Å². The van der Waals surface area contributed by atoms with E-state index in [-0.39, 0.29) is 0 Å². The van der Waals surface area contributed by atoms with Gasteiger partial charge in [0.15, 0.2) is 11.0 Å². The molecular formula is C7H11NO2S. The maximum atomic E-state index is 11.2. The summed E-state index contributed by atoms with van der Waals surface area (Å²) in [6.45, 7) is 4.47. The molecule has 0 spiro atoms. The number of hydrogen-bond acceptors (Lipinski definition) is 2. The van der Waals surface area contributed by atoms with Gasteiger partial charge in [-0.2, -0.15) is 0 Å². The summed E-state index contributed by atoms with van der Waals surface area (Å²) >= 11 is 0. The van der Waals surface area contributed by atoms with Crippen LogP contribution in [0.3, 0.4) is 0 Å². The molecule has 1 aliphatic rings. The average Bonchev–Trinajstić information content (AvgIpc) is 2.07. The minimum absolute atomic E-state index is 0.664. The molecule has 0 aromatic heterocycles. The molecule has 62 valence electrons. The minimum Gasteiger partial charge on any atom is -0.379 e. The van der Waals surface area contributed by atoms with Crippen LogP contribution in [0.4, 0.5) is 0 Å². The summed E-state index contributed by atoms with van der Waals surface area (Å²) in [6.07, 6.45) is 0. The van der Waals surface area contributed by atoms with Crippen LogP contribution in [-0.4, -0.2) is 34.8 Å². The smallest absolute Gasteiger partial charge is 0.173 e. The van der Waals surface area contributed by atoms with Crippen molar-refractivity contribution in [3.8, 4) is 11.2 Å². The molecule has 1 fully saturated rings. The zero-order valence-corrected chi connectivity index (χ0v) is 7.32. The van der Waals surface area contributed by atoms with Gasteiger partial charge >= 0.3 is 0 Å². The van der Waals surface area contributed by atoms with Crippen molar-refractivity contribution in [2.45, 2.75) is 6.92 Å². The fraction of sp³-hybridized carbons (Fsp3) is 0.714. The molecule has 0 aromatic carbocycles. The molecule has 0 amide bonds. The van der Waals surface area contributed by atoms with Crippen LogP contribution in [-0.2, 0) is 15.7 Å². The molecular weight excluding hydrogens is 162 g/mol. The van der Waals surface area contributed by atoms with Crippen LogP contribution in [0.1, 0.15) is 6.92 Å². The van der Waals surface area contributed by atoms with Crippen LogP contribution >= 0.6 is 0 Å². The fourth-order valence-electron chi connectivity index (χ4n) is 0.864. The zero-order chi connectivity index (χ0) is 8.10. The first-order chi connectivity index (χ1) is 5.34. The molecule has 4 heteroatoms. The normalized spacial score (nSPS) is 21.9. The van der Waals surface area contributed by atoms with E-state index in [1.165, 1.54) is 0 Å². The van der Waals surface area contributed by atoms with Crippen molar-refractivity contribution in [3.05, 3.63) is 0 Å². The molecule has 3 nitrogen and oxygen atoms in total. The summed E-state index contributed by atoms with van der Waals surface area (Å²) in [7, 11) is -1.11. The Morgan fingerprint density at radius 3 is 2.64 bits per heavy atom. The molecule has 0 saturated carbocycles. The molecule has 0 aliphatic carbocycles. The van der Waals surface area contributed by atoms with E-state index in [1.54, 1.807) is 6.92 Å². The van der Waals surface area contributed by atoms with Gasteiger partial charge in [0.05, 0.1) is 13.2 Å². The molecule has 1 atom stereocenters. The van der Waals surface area contributed by atoms with Gasteiger partial charge in [0.2, 0.25) is 0 Å². The van der Waals surface area contributed by atoms with Crippen molar-refractivity contribution in [3.63, 3.8) is 0 Å². The maximum Gasteiger partial charge on any atom is 0.173 e. The molecule has 1 rings (SSSR count). The second-order valence-corrected chi connectivity index (χ2v) is 3.36. The van der Waals surface area contributed by atoms with Crippen LogP contribution in [0.15, 0.2) is 0 Å². The predicted octanol–water partition coefficient (Wildman–Crippen LogP) is -0.0369. The summed E-state index contributed by atoms with van der Waals surface area (Å²) in [6, 6.07) is 0. The fourth-order valence-corrected chi connectivity index (χ4v) is 1.65. The minimum atomic E-state index is -1.11. The van der Waals surface area contributed by atoms with Gasteiger partial charge < -0.3 is 4.74 Å². The first-order valence-electron chi connectivity index (χ1n) is 3.51. The van der Waals surface area contributed by atoms with E-state index in [4.69, 9.17) is 4.74 Å². The zero-order valence-electron chi connectivity index (χ0n) is 6.50. The lowest BCUT2D eigenvalue weighted by molar-refractivity contribution is 0.0757. The van der Waals surface area contributed by atoms with Gasteiger partial charge in [-0.15, -0.1) is 0 Å². The van der Waals surface area contributed by atoms with Gasteiger partial charge in [0.25, 0.3) is 0 Å². The van der Waals surface area contributed by atoms with Crippen LogP contribution in [0.2, 0.25) is 0 Å². The third-order valence-corrected chi connectivity index (χ3v) is 2.61. The summed E-state index contributed by atoms with van der Waals surface area (Å²) in [5.74, 6) is 2.63. The first kappa shape index (κ1) is 8.72. The van der Waals surface area contributed by atoms with E-state index >= 15 is 0 Å². The topological polar surface area (TPSA) is 29.5 Å². The molecule has 11 heavy (non-hydrogen) atoms. The molecule has 1 unspecified atom stereocenters. The van der Waals surface area contributed by atoms with Crippen LogP contribution in [0.25, 0.3) is 0 Å². The Kier molecular flexibility index (Phi) is 3.57. The van der Waals surface area contributed by atoms with Crippen molar-refractivity contribution in [2.75, 3.05) is 26.3 Å². The van der Waals surface area contributed by atoms with E-state index in [2.05, 4.69) is 11.2 Å². The van der Waals surface area contributed by atoms with E-state index in [0.29, 0.717) is 13.2 Å². The van der Waals surface area contributed by atoms with Crippen LogP contribution < -0.4 is 0 Å². The second kappa shape index (κ2) is 4.50. The van der Waals surface area contributed by atoms with Gasteiger partial charge in [0, 0.05) is 18.3 Å². The van der Waals surface area contributed by atoms with E-state index < -0.39 is 11.0 Å². The third kappa shape index (κ3) is 2.62. The summed E-state index contributed by atoms with van der Waals surface area (Å²) < 4.78 is 18.1. The highest BCUT2D eigenvalue weighted by atomic mass is 32.2. The summed E-state index contributed by atoms with van der Waals surface area (Å²) in [4.78, 5) is 0. The Bertz CT molecular complexity index is 200. The molecule has 1 saturated heterocycles. The Balaban J connectivity index is 2.43. The number of hydrogen-bond donors (Lipinski definition) is 0. The van der Waals surface area contributed by atoms with E-state index in [0.717, 1.165) is 13.1 Å². The maximum absolute atomic E-state index is 11.2. The molecule has 0 radical (unpaired) electrons. The van der Waals surface area contributed by atoms with E-state index in [1.807, 2.05) is 4.31 Å². The van der Waals surface area contributed by atoms with E-state index in [9.17, 15) is 4.21 Å². The third-order valence-electron chi connectivity index (χ3n) is 1.39.